The van der Waals surface area contributed by atoms with Crippen molar-refractivity contribution in [1.82, 2.24) is 9.55 Å². The van der Waals surface area contributed by atoms with Crippen LogP contribution in [0.15, 0.2) is 66.9 Å². The number of carbonyl (C=O) groups excluding carboxylic acids is 1. The van der Waals surface area contributed by atoms with Gasteiger partial charge >= 0.3 is 5.97 Å². The number of carbonyl (C=O) groups is 2. The van der Waals surface area contributed by atoms with Crippen molar-refractivity contribution in [2.75, 3.05) is 0 Å². The number of aliphatic carboxylic acids is 1. The summed E-state index contributed by atoms with van der Waals surface area (Å²) >= 11 is 0. The Labute approximate surface area is 197 Å². The molecular weight excluding hydrogens is 424 g/mol. The van der Waals surface area contributed by atoms with Crippen LogP contribution < -0.4 is 0 Å². The molecule has 4 aromatic rings. The zero-order valence-electron chi connectivity index (χ0n) is 19.0. The molecule has 0 atom stereocenters. The molecule has 2 heterocycles. The lowest BCUT2D eigenvalue weighted by Gasteiger charge is -2.72. The Balaban J connectivity index is 1.18. The van der Waals surface area contributed by atoms with E-state index in [1.54, 1.807) is 0 Å². The maximum absolute atomic E-state index is 13.7. The lowest BCUT2D eigenvalue weighted by molar-refractivity contribution is -0.248. The van der Waals surface area contributed by atoms with Crippen LogP contribution in [0.4, 0.5) is 0 Å². The molecule has 1 N–H and O–H groups in total. The molecule has 2 bridgehead atoms. The first kappa shape index (κ1) is 20.0. The fourth-order valence-corrected chi connectivity index (χ4v) is 7.01. The largest absolute Gasteiger partial charge is 0.481 e. The molecule has 0 saturated heterocycles. The number of benzene rings is 2. The molecule has 170 valence electrons. The van der Waals surface area contributed by atoms with Gasteiger partial charge in [0.2, 0.25) is 0 Å². The molecule has 0 radical (unpaired) electrons. The predicted octanol–water partition coefficient (Wildman–Crippen LogP) is 5.85. The lowest BCUT2D eigenvalue weighted by atomic mass is 9.30. The number of carboxylic acids is 1. The van der Waals surface area contributed by atoms with E-state index < -0.39 is 11.4 Å². The number of aromatic nitrogens is 2. The third kappa shape index (κ3) is 2.64. The second kappa shape index (κ2) is 6.56. The molecule has 2 aromatic heterocycles. The van der Waals surface area contributed by atoms with Gasteiger partial charge in [0.1, 0.15) is 0 Å². The van der Waals surface area contributed by atoms with E-state index in [9.17, 15) is 14.7 Å². The van der Waals surface area contributed by atoms with Crippen molar-refractivity contribution in [2.24, 2.45) is 16.2 Å². The predicted molar refractivity (Wildman–Crippen MR) is 130 cm³/mol. The Morgan fingerprint density at radius 3 is 2.44 bits per heavy atom. The molecule has 4 aliphatic carbocycles. The second-order valence-electron chi connectivity index (χ2n) is 11.0. The van der Waals surface area contributed by atoms with Gasteiger partial charge in [0.15, 0.2) is 5.78 Å². The third-order valence-corrected chi connectivity index (χ3v) is 9.04. The Kier molecular flexibility index (Phi) is 3.85. The van der Waals surface area contributed by atoms with Crippen molar-refractivity contribution in [1.29, 1.82) is 0 Å². The summed E-state index contributed by atoms with van der Waals surface area (Å²) < 4.78 is 2.14. The highest BCUT2D eigenvalue weighted by Gasteiger charge is 2.80. The minimum Gasteiger partial charge on any atom is -0.481 e. The lowest BCUT2D eigenvalue weighted by Crippen LogP contribution is -2.69. The van der Waals surface area contributed by atoms with Gasteiger partial charge in [-0.05, 0) is 67.2 Å². The van der Waals surface area contributed by atoms with Crippen LogP contribution in [0.25, 0.3) is 21.8 Å². The Morgan fingerprint density at radius 2 is 1.68 bits per heavy atom. The number of para-hydroxylation sites is 2. The Bertz CT molecular complexity index is 1490. The van der Waals surface area contributed by atoms with Crippen molar-refractivity contribution in [3.05, 3.63) is 78.1 Å². The van der Waals surface area contributed by atoms with Gasteiger partial charge in [-0.3, -0.25) is 14.6 Å². The molecule has 0 amide bonds. The summed E-state index contributed by atoms with van der Waals surface area (Å²) in [6, 6.07) is 20.3. The molecule has 5 nitrogen and oxygen atoms in total. The number of hydrogen-bond acceptors (Lipinski definition) is 3. The van der Waals surface area contributed by atoms with E-state index in [0.29, 0.717) is 13.0 Å². The number of nitrogens with zero attached hydrogens (tertiary/aromatic N) is 2. The number of ketones is 1. The Morgan fingerprint density at radius 1 is 0.912 bits per heavy atom. The quantitative estimate of drug-likeness (QED) is 0.359. The fourth-order valence-electron chi connectivity index (χ4n) is 7.01. The van der Waals surface area contributed by atoms with E-state index in [4.69, 9.17) is 4.98 Å². The standard InChI is InChI=1S/C29H26N2O3/c32-24(14-28(11-12-28)29-16-27(17-29,18-29)26(33)34)22-6-3-5-20-10-13-31(25(20)22)15-21-9-8-19-4-1-2-7-23(19)30-21/h1-10,13H,11-12,14-18H2,(H,33,34). The van der Waals surface area contributed by atoms with Gasteiger partial charge in [-0.25, -0.2) is 0 Å². The van der Waals surface area contributed by atoms with Gasteiger partial charge < -0.3 is 9.67 Å². The van der Waals surface area contributed by atoms with E-state index in [-0.39, 0.29) is 16.6 Å². The maximum atomic E-state index is 13.7. The van der Waals surface area contributed by atoms with Gasteiger partial charge in [-0.15, -0.1) is 0 Å². The van der Waals surface area contributed by atoms with E-state index in [1.807, 2.05) is 36.5 Å². The fraction of sp³-hybridized carbons (Fsp3) is 0.345. The molecule has 34 heavy (non-hydrogen) atoms. The molecule has 0 unspecified atom stereocenters. The molecule has 5 heteroatoms. The minimum absolute atomic E-state index is 0.0147. The highest BCUT2D eigenvalue weighted by molar-refractivity contribution is 6.07. The van der Waals surface area contributed by atoms with Gasteiger partial charge in [0.25, 0.3) is 0 Å². The second-order valence-corrected chi connectivity index (χ2v) is 11.0. The first-order valence-electron chi connectivity index (χ1n) is 12.1. The van der Waals surface area contributed by atoms with E-state index in [1.165, 1.54) is 0 Å². The van der Waals surface area contributed by atoms with Crippen LogP contribution in [-0.4, -0.2) is 26.4 Å². The van der Waals surface area contributed by atoms with Crippen LogP contribution in [0.5, 0.6) is 0 Å². The van der Waals surface area contributed by atoms with Crippen LogP contribution in [0.1, 0.15) is 54.6 Å². The molecular formula is C29H26N2O3. The third-order valence-electron chi connectivity index (χ3n) is 9.04. The monoisotopic (exact) mass is 450 g/mol. The normalized spacial score (nSPS) is 26.1. The van der Waals surface area contributed by atoms with Gasteiger partial charge in [0, 0.05) is 29.0 Å². The van der Waals surface area contributed by atoms with Crippen molar-refractivity contribution in [3.63, 3.8) is 0 Å². The zero-order chi connectivity index (χ0) is 23.1. The average molecular weight is 451 g/mol. The SMILES string of the molecule is O=C(CC1(C23CC(C(=O)O)(C2)C3)CC1)c1cccc2ccn(Cc3ccc4ccccc4n3)c12. The molecule has 2 aromatic carbocycles. The number of Topliss-reactive ketones (excluding diaryl/α,β-unsaturated/α-hetero) is 1. The average Bonchev–Trinajstić information content (AvgIpc) is 3.42. The highest BCUT2D eigenvalue weighted by atomic mass is 16.4. The summed E-state index contributed by atoms with van der Waals surface area (Å²) in [6.07, 6.45) is 6.95. The van der Waals surface area contributed by atoms with Crippen molar-refractivity contribution >= 4 is 33.6 Å². The van der Waals surface area contributed by atoms with E-state index in [0.717, 1.165) is 65.2 Å². The number of rotatable bonds is 7. The van der Waals surface area contributed by atoms with Crippen LogP contribution in [0, 0.1) is 16.2 Å². The van der Waals surface area contributed by atoms with Crippen LogP contribution >= 0.6 is 0 Å². The van der Waals surface area contributed by atoms with Gasteiger partial charge in [0.05, 0.1) is 28.7 Å². The van der Waals surface area contributed by atoms with Crippen LogP contribution in [0.2, 0.25) is 0 Å². The summed E-state index contributed by atoms with van der Waals surface area (Å²) in [5.41, 5.74) is 3.30. The summed E-state index contributed by atoms with van der Waals surface area (Å²) in [4.78, 5) is 30.1. The highest BCUT2D eigenvalue weighted by Crippen LogP contribution is 2.85. The molecule has 8 rings (SSSR count). The summed E-state index contributed by atoms with van der Waals surface area (Å²) in [7, 11) is 0. The van der Waals surface area contributed by atoms with Crippen LogP contribution in [-0.2, 0) is 11.3 Å². The number of pyridine rings is 1. The van der Waals surface area contributed by atoms with Crippen molar-refractivity contribution in [3.8, 4) is 0 Å². The van der Waals surface area contributed by atoms with Crippen LogP contribution in [0.3, 0.4) is 0 Å². The number of hydrogen-bond donors (Lipinski definition) is 1. The Hall–Kier alpha value is -3.47. The van der Waals surface area contributed by atoms with Gasteiger partial charge in [-0.2, -0.15) is 0 Å². The number of carboxylic acid groups (broad SMARTS) is 1. The van der Waals surface area contributed by atoms with E-state index >= 15 is 0 Å². The van der Waals surface area contributed by atoms with Crippen molar-refractivity contribution < 1.29 is 14.7 Å². The van der Waals surface area contributed by atoms with E-state index in [2.05, 4.69) is 34.9 Å². The van der Waals surface area contributed by atoms with Gasteiger partial charge in [-0.1, -0.05) is 36.4 Å². The van der Waals surface area contributed by atoms with Crippen molar-refractivity contribution in [2.45, 2.75) is 45.1 Å². The number of fused-ring (bicyclic) bond motifs is 2. The maximum Gasteiger partial charge on any atom is 0.309 e. The first-order chi connectivity index (χ1) is 16.4. The topological polar surface area (TPSA) is 72.2 Å². The summed E-state index contributed by atoms with van der Waals surface area (Å²) in [6.45, 7) is 0.606. The first-order valence-corrected chi connectivity index (χ1v) is 12.1. The molecule has 4 fully saturated rings. The zero-order valence-corrected chi connectivity index (χ0v) is 19.0. The smallest absolute Gasteiger partial charge is 0.309 e. The molecule has 0 spiro atoms. The summed E-state index contributed by atoms with van der Waals surface area (Å²) in [5, 5.41) is 11.7. The minimum atomic E-state index is -0.651. The molecule has 0 aliphatic heterocycles. The molecule has 4 saturated carbocycles. The summed E-state index contributed by atoms with van der Waals surface area (Å²) in [5.74, 6) is -0.468. The molecule has 4 aliphatic rings.